The molecule has 0 saturated heterocycles. The molecule has 0 aliphatic rings. The predicted molar refractivity (Wildman–Crippen MR) is 93.5 cm³/mol. The monoisotopic (exact) mass is 393 g/mol. The molecule has 2 rings (SSSR count). The summed E-state index contributed by atoms with van der Waals surface area (Å²) in [5.41, 5.74) is 0.434. The lowest BCUT2D eigenvalue weighted by atomic mass is 10.2. The van der Waals surface area contributed by atoms with E-state index in [2.05, 4.69) is 10.3 Å². The Kier molecular flexibility index (Phi) is 6.73. The number of amides is 1. The Bertz CT molecular complexity index is 948. The van der Waals surface area contributed by atoms with Crippen LogP contribution in [0.25, 0.3) is 0 Å². The van der Waals surface area contributed by atoms with Crippen LogP contribution in [0.4, 0.5) is 0 Å². The first-order chi connectivity index (χ1) is 12.9. The van der Waals surface area contributed by atoms with Gasteiger partial charge in [0.1, 0.15) is 0 Å². The van der Waals surface area contributed by atoms with E-state index in [1.807, 2.05) is 10.8 Å². The van der Waals surface area contributed by atoms with Gasteiger partial charge in [-0.2, -0.15) is 13.7 Å². The Balaban J connectivity index is 1.83. The van der Waals surface area contributed by atoms with E-state index in [9.17, 15) is 13.2 Å². The molecule has 0 aliphatic carbocycles. The Hall–Kier alpha value is -3.13. The van der Waals surface area contributed by atoms with Crippen molar-refractivity contribution >= 4 is 15.9 Å². The molecule has 0 fully saturated rings. The number of methoxy groups -OCH3 is 1. The van der Waals surface area contributed by atoms with Crippen molar-refractivity contribution in [2.24, 2.45) is 0 Å². The van der Waals surface area contributed by atoms with E-state index in [-0.39, 0.29) is 24.5 Å². The molecule has 0 unspecified atom stereocenters. The maximum atomic E-state index is 12.0. The number of ether oxygens (including phenoxy) is 2. The van der Waals surface area contributed by atoms with Crippen LogP contribution in [-0.2, 0) is 21.4 Å². The van der Waals surface area contributed by atoms with Gasteiger partial charge in [-0.05, 0) is 25.5 Å². The Morgan fingerprint density at radius 1 is 1.37 bits per heavy atom. The van der Waals surface area contributed by atoms with Crippen LogP contribution in [0.1, 0.15) is 25.3 Å². The zero-order chi connectivity index (χ0) is 19.9. The van der Waals surface area contributed by atoms with Gasteiger partial charge in [0.2, 0.25) is 10.9 Å². The Labute approximate surface area is 156 Å². The number of carbonyl (C=O) groups is 1. The number of hydrogen-bond donors (Lipinski definition) is 1. The van der Waals surface area contributed by atoms with E-state index in [0.29, 0.717) is 23.6 Å². The maximum Gasteiger partial charge on any atom is 0.285 e. The molecule has 0 spiro atoms. The van der Waals surface area contributed by atoms with Gasteiger partial charge in [0.05, 0.1) is 31.5 Å². The van der Waals surface area contributed by atoms with E-state index in [1.54, 1.807) is 19.1 Å². The highest BCUT2D eigenvalue weighted by atomic mass is 32.2. The number of aryl methyl sites for hydroxylation is 1. The van der Waals surface area contributed by atoms with E-state index >= 15 is 0 Å². The molecule has 0 aliphatic heterocycles. The lowest BCUT2D eigenvalue weighted by molar-refractivity contribution is -0.119. The highest BCUT2D eigenvalue weighted by Gasteiger charge is 2.21. The fourth-order valence-corrected chi connectivity index (χ4v) is 2.99. The molecule has 0 saturated carbocycles. The largest absolute Gasteiger partial charge is 0.493 e. The summed E-state index contributed by atoms with van der Waals surface area (Å²) in [4.78, 5) is 11.9. The van der Waals surface area contributed by atoms with Gasteiger partial charge in [-0.1, -0.05) is 5.21 Å². The van der Waals surface area contributed by atoms with Crippen molar-refractivity contribution in [1.29, 1.82) is 5.26 Å². The summed E-state index contributed by atoms with van der Waals surface area (Å²) < 4.78 is 38.1. The number of nitriles is 1. The first kappa shape index (κ1) is 20.2. The van der Waals surface area contributed by atoms with E-state index in [0.717, 1.165) is 0 Å². The summed E-state index contributed by atoms with van der Waals surface area (Å²) in [5, 5.41) is 15.7. The minimum Gasteiger partial charge on any atom is -0.493 e. The van der Waals surface area contributed by atoms with Crippen molar-refractivity contribution < 1.29 is 22.7 Å². The second-order valence-corrected chi connectivity index (χ2v) is 7.00. The second kappa shape index (κ2) is 9.00. The third kappa shape index (κ3) is 5.42. The van der Waals surface area contributed by atoms with Crippen molar-refractivity contribution in [3.63, 3.8) is 0 Å². The molecule has 1 heterocycles. The SMILES string of the molecule is CCn1cc(S(=O)(=O)NC(=O)CCCOc2ccc(C#N)cc2OC)nn1. The van der Waals surface area contributed by atoms with E-state index < -0.39 is 15.9 Å². The highest BCUT2D eigenvalue weighted by Crippen LogP contribution is 2.27. The van der Waals surface area contributed by atoms with Crippen molar-refractivity contribution in [2.45, 2.75) is 31.3 Å². The number of carbonyl (C=O) groups excluding carboxylic acids is 1. The Morgan fingerprint density at radius 2 is 2.15 bits per heavy atom. The van der Waals surface area contributed by atoms with Crippen LogP contribution >= 0.6 is 0 Å². The van der Waals surface area contributed by atoms with Crippen LogP contribution in [-0.4, -0.2) is 43.0 Å². The van der Waals surface area contributed by atoms with Gasteiger partial charge in [-0.15, -0.1) is 5.10 Å². The molecule has 0 bridgehead atoms. The molecule has 1 aromatic carbocycles. The quantitative estimate of drug-likeness (QED) is 0.619. The van der Waals surface area contributed by atoms with Gasteiger partial charge in [-0.3, -0.25) is 9.48 Å². The molecule has 144 valence electrons. The zero-order valence-corrected chi connectivity index (χ0v) is 15.7. The number of hydrogen-bond acceptors (Lipinski definition) is 8. The van der Waals surface area contributed by atoms with Crippen molar-refractivity contribution in [3.8, 4) is 17.6 Å². The minimum absolute atomic E-state index is 0.0558. The number of sulfonamides is 1. The molecule has 27 heavy (non-hydrogen) atoms. The number of nitrogens with one attached hydrogen (secondary N) is 1. The fraction of sp³-hybridized carbons (Fsp3) is 0.375. The molecular formula is C16H19N5O5S. The average molecular weight is 393 g/mol. The lowest BCUT2D eigenvalue weighted by Gasteiger charge is -2.10. The summed E-state index contributed by atoms with van der Waals surface area (Å²) >= 11 is 0. The smallest absolute Gasteiger partial charge is 0.285 e. The molecule has 10 nitrogen and oxygen atoms in total. The standard InChI is InChI=1S/C16H19N5O5S/c1-3-21-11-16(18-20-21)27(23,24)19-15(22)5-4-8-26-13-7-6-12(10-17)9-14(13)25-2/h6-7,9,11H,3-5,8H2,1-2H3,(H,19,22). The second-order valence-electron chi connectivity index (χ2n) is 5.37. The van der Waals surface area contributed by atoms with Gasteiger partial charge < -0.3 is 9.47 Å². The third-order valence-electron chi connectivity index (χ3n) is 3.46. The van der Waals surface area contributed by atoms with Crippen molar-refractivity contribution in [1.82, 2.24) is 19.7 Å². The lowest BCUT2D eigenvalue weighted by Crippen LogP contribution is -2.30. The van der Waals surface area contributed by atoms with Gasteiger partial charge in [0.15, 0.2) is 11.5 Å². The first-order valence-electron chi connectivity index (χ1n) is 8.06. The topological polar surface area (TPSA) is 136 Å². The van der Waals surface area contributed by atoms with Gasteiger partial charge in [-0.25, -0.2) is 4.72 Å². The molecule has 1 aromatic heterocycles. The fourth-order valence-electron chi connectivity index (χ4n) is 2.08. The molecule has 1 N–H and O–H groups in total. The molecule has 0 radical (unpaired) electrons. The number of benzene rings is 1. The number of aromatic nitrogens is 3. The van der Waals surface area contributed by atoms with Crippen LogP contribution in [0.2, 0.25) is 0 Å². The first-order valence-corrected chi connectivity index (χ1v) is 9.54. The van der Waals surface area contributed by atoms with E-state index in [1.165, 1.54) is 24.1 Å². The van der Waals surface area contributed by atoms with Crippen molar-refractivity contribution in [2.75, 3.05) is 13.7 Å². The molecule has 0 atom stereocenters. The van der Waals surface area contributed by atoms with Crippen LogP contribution in [0.5, 0.6) is 11.5 Å². The van der Waals surface area contributed by atoms with Gasteiger partial charge in [0.25, 0.3) is 10.0 Å². The van der Waals surface area contributed by atoms with Gasteiger partial charge in [0, 0.05) is 19.0 Å². The Morgan fingerprint density at radius 3 is 2.78 bits per heavy atom. The zero-order valence-electron chi connectivity index (χ0n) is 14.9. The summed E-state index contributed by atoms with van der Waals surface area (Å²) in [6.07, 6.45) is 1.47. The highest BCUT2D eigenvalue weighted by molar-refractivity contribution is 7.90. The van der Waals surface area contributed by atoms with Crippen LogP contribution < -0.4 is 14.2 Å². The minimum atomic E-state index is -4.04. The number of nitrogens with zero attached hydrogens (tertiary/aromatic N) is 4. The number of rotatable bonds is 9. The normalized spacial score (nSPS) is 10.9. The molecule has 11 heteroatoms. The summed E-state index contributed by atoms with van der Waals surface area (Å²) in [7, 11) is -2.59. The summed E-state index contributed by atoms with van der Waals surface area (Å²) in [5.74, 6) is 0.164. The van der Waals surface area contributed by atoms with Gasteiger partial charge >= 0.3 is 0 Å². The maximum absolute atomic E-state index is 12.0. The third-order valence-corrected chi connectivity index (χ3v) is 4.70. The predicted octanol–water partition coefficient (Wildman–Crippen LogP) is 0.842. The van der Waals surface area contributed by atoms with Crippen LogP contribution in [0.15, 0.2) is 29.4 Å². The summed E-state index contributed by atoms with van der Waals surface area (Å²) in [6.45, 7) is 2.42. The van der Waals surface area contributed by atoms with Crippen LogP contribution in [0.3, 0.4) is 0 Å². The van der Waals surface area contributed by atoms with Crippen LogP contribution in [0, 0.1) is 11.3 Å². The van der Waals surface area contributed by atoms with E-state index in [4.69, 9.17) is 14.7 Å². The summed E-state index contributed by atoms with van der Waals surface area (Å²) in [6, 6.07) is 6.71. The molecule has 1 amide bonds. The average Bonchev–Trinajstić information content (AvgIpc) is 3.15. The molecular weight excluding hydrogens is 374 g/mol. The molecule has 2 aromatic rings. The van der Waals surface area contributed by atoms with Crippen molar-refractivity contribution in [3.05, 3.63) is 30.0 Å².